The zero-order chi connectivity index (χ0) is 16.1. The molecule has 0 unspecified atom stereocenters. The van der Waals surface area contributed by atoms with Crippen molar-refractivity contribution in [1.29, 1.82) is 0 Å². The summed E-state index contributed by atoms with van der Waals surface area (Å²) in [7, 11) is 0. The highest BCUT2D eigenvalue weighted by Crippen LogP contribution is 2.17. The first-order valence-electron chi connectivity index (χ1n) is 5.94. The molecule has 2 aromatic rings. The van der Waals surface area contributed by atoms with Crippen LogP contribution in [0.1, 0.15) is 10.4 Å². The van der Waals surface area contributed by atoms with Crippen molar-refractivity contribution in [2.45, 2.75) is 0 Å². The zero-order valence-electron chi connectivity index (χ0n) is 10.9. The van der Waals surface area contributed by atoms with Gasteiger partial charge < -0.3 is 5.32 Å². The fourth-order valence-electron chi connectivity index (χ4n) is 1.59. The Kier molecular flexibility index (Phi) is 4.97. The lowest BCUT2D eigenvalue weighted by atomic mass is 10.1. The lowest BCUT2D eigenvalue weighted by molar-refractivity contribution is -0.385. The van der Waals surface area contributed by atoms with Crippen molar-refractivity contribution in [3.05, 3.63) is 63.3 Å². The Bertz CT molecular complexity index is 736. The molecule has 0 fully saturated rings. The van der Waals surface area contributed by atoms with Gasteiger partial charge in [0.15, 0.2) is 5.11 Å². The molecule has 9 heteroatoms. The number of nitro benzene ring substituents is 1. The molecule has 0 radical (unpaired) electrons. The minimum atomic E-state index is -0.682. The third kappa shape index (κ3) is 3.96. The van der Waals surface area contributed by atoms with Crippen molar-refractivity contribution in [2.24, 2.45) is 0 Å². The number of halogens is 1. The third-order valence-corrected chi connectivity index (χ3v) is 2.97. The zero-order valence-corrected chi connectivity index (χ0v) is 12.5. The van der Waals surface area contributed by atoms with Gasteiger partial charge in [-0.1, -0.05) is 23.7 Å². The normalized spacial score (nSPS) is 9.86. The number of aromatic nitrogens is 1. The van der Waals surface area contributed by atoms with Crippen LogP contribution < -0.4 is 10.6 Å². The van der Waals surface area contributed by atoms with E-state index in [4.69, 9.17) is 23.8 Å². The number of amides is 1. The number of nitrogens with one attached hydrogen (secondary N) is 2. The van der Waals surface area contributed by atoms with Crippen LogP contribution in [0.25, 0.3) is 0 Å². The summed E-state index contributed by atoms with van der Waals surface area (Å²) in [6, 6.07) is 8.76. The summed E-state index contributed by atoms with van der Waals surface area (Å²) < 4.78 is 0. The van der Waals surface area contributed by atoms with Gasteiger partial charge in [0.2, 0.25) is 0 Å². The van der Waals surface area contributed by atoms with E-state index < -0.39 is 10.8 Å². The molecule has 0 aliphatic heterocycles. The van der Waals surface area contributed by atoms with E-state index in [9.17, 15) is 14.9 Å². The van der Waals surface area contributed by atoms with Crippen molar-refractivity contribution in [3.8, 4) is 0 Å². The van der Waals surface area contributed by atoms with Crippen molar-refractivity contribution in [1.82, 2.24) is 10.3 Å². The molecule has 2 rings (SSSR count). The second-order valence-electron chi connectivity index (χ2n) is 4.04. The summed E-state index contributed by atoms with van der Waals surface area (Å²) in [6.45, 7) is 0. The van der Waals surface area contributed by atoms with Gasteiger partial charge in [0.25, 0.3) is 11.6 Å². The molecule has 0 atom stereocenters. The lowest BCUT2D eigenvalue weighted by Gasteiger charge is -2.09. The van der Waals surface area contributed by atoms with Crippen LogP contribution in [0.4, 0.5) is 11.5 Å². The quantitative estimate of drug-likeness (QED) is 0.508. The number of benzene rings is 1. The van der Waals surface area contributed by atoms with E-state index in [0.717, 1.165) is 0 Å². The second kappa shape index (κ2) is 6.92. The van der Waals surface area contributed by atoms with E-state index in [-0.39, 0.29) is 16.4 Å². The molecule has 2 N–H and O–H groups in total. The van der Waals surface area contributed by atoms with Crippen LogP contribution in [0.2, 0.25) is 5.02 Å². The first-order valence-corrected chi connectivity index (χ1v) is 6.73. The van der Waals surface area contributed by atoms with Gasteiger partial charge in [-0.2, -0.15) is 0 Å². The molecular formula is C13H9ClN4O3S. The first-order chi connectivity index (χ1) is 10.5. The van der Waals surface area contributed by atoms with E-state index in [1.165, 1.54) is 30.5 Å². The maximum atomic E-state index is 12.0. The fraction of sp³-hybridized carbons (Fsp3) is 0. The number of rotatable bonds is 3. The van der Waals surface area contributed by atoms with Gasteiger partial charge in [0, 0.05) is 12.3 Å². The predicted molar refractivity (Wildman–Crippen MR) is 86.0 cm³/mol. The minimum Gasteiger partial charge on any atom is -0.317 e. The predicted octanol–water partition coefficient (Wildman–Crippen LogP) is 2.77. The summed E-state index contributed by atoms with van der Waals surface area (Å²) in [6.07, 6.45) is 1.41. The summed E-state index contributed by atoms with van der Waals surface area (Å²) in [4.78, 5) is 26.3. The second-order valence-corrected chi connectivity index (χ2v) is 4.89. The van der Waals surface area contributed by atoms with E-state index in [0.29, 0.717) is 10.8 Å². The largest absolute Gasteiger partial charge is 0.317 e. The Labute approximate surface area is 135 Å². The number of carbonyl (C=O) groups excluding carboxylic acids is 1. The van der Waals surface area contributed by atoms with E-state index >= 15 is 0 Å². The monoisotopic (exact) mass is 336 g/mol. The maximum absolute atomic E-state index is 12.0. The Hall–Kier alpha value is -2.58. The van der Waals surface area contributed by atoms with Crippen molar-refractivity contribution >= 4 is 46.3 Å². The van der Waals surface area contributed by atoms with Crippen LogP contribution in [0.5, 0.6) is 0 Å². The summed E-state index contributed by atoms with van der Waals surface area (Å²) >= 11 is 10.7. The Morgan fingerprint density at radius 2 is 2.00 bits per heavy atom. The highest BCUT2D eigenvalue weighted by Gasteiger charge is 2.19. The van der Waals surface area contributed by atoms with Gasteiger partial charge in [-0.25, -0.2) is 4.98 Å². The average Bonchev–Trinajstić information content (AvgIpc) is 2.49. The molecule has 0 bridgehead atoms. The van der Waals surface area contributed by atoms with E-state index in [2.05, 4.69) is 15.6 Å². The van der Waals surface area contributed by atoms with Crippen molar-refractivity contribution < 1.29 is 9.72 Å². The number of thiocarbonyl (C=S) groups is 1. The Morgan fingerprint density at radius 1 is 1.27 bits per heavy atom. The van der Waals surface area contributed by atoms with Gasteiger partial charge in [0.1, 0.15) is 11.4 Å². The highest BCUT2D eigenvalue weighted by molar-refractivity contribution is 7.80. The molecule has 0 aliphatic carbocycles. The molecule has 1 heterocycles. The molecule has 112 valence electrons. The number of hydrogen-bond donors (Lipinski definition) is 2. The van der Waals surface area contributed by atoms with E-state index in [1.54, 1.807) is 12.1 Å². The standard InChI is InChI=1S/C13H9ClN4O3S/c14-8-5-6-11(15-7-8)16-13(22)17-12(19)9-3-1-2-4-10(9)18(20)21/h1-7H,(H2,15,16,17,19,22). The van der Waals surface area contributed by atoms with Crippen LogP contribution in [0.15, 0.2) is 42.6 Å². The van der Waals surface area contributed by atoms with Crippen LogP contribution in [-0.2, 0) is 0 Å². The van der Waals surface area contributed by atoms with Gasteiger partial charge in [0.05, 0.1) is 9.95 Å². The van der Waals surface area contributed by atoms with Crippen LogP contribution in [0, 0.1) is 10.1 Å². The summed E-state index contributed by atoms with van der Waals surface area (Å²) in [5.41, 5.74) is -0.381. The number of nitrogens with zero attached hydrogens (tertiary/aromatic N) is 2. The molecule has 1 aromatic heterocycles. The number of carbonyl (C=O) groups is 1. The summed E-state index contributed by atoms with van der Waals surface area (Å²) in [5.74, 6) is -0.295. The SMILES string of the molecule is O=C(NC(=S)Nc1ccc(Cl)cn1)c1ccccc1[N+](=O)[O-]. The van der Waals surface area contributed by atoms with Crippen LogP contribution >= 0.6 is 23.8 Å². The Morgan fingerprint density at radius 3 is 2.64 bits per heavy atom. The van der Waals surface area contributed by atoms with Crippen molar-refractivity contribution in [2.75, 3.05) is 5.32 Å². The molecule has 0 spiro atoms. The molecule has 22 heavy (non-hydrogen) atoms. The van der Waals surface area contributed by atoms with Gasteiger partial charge in [-0.05, 0) is 30.4 Å². The first kappa shape index (κ1) is 15.8. The maximum Gasteiger partial charge on any atom is 0.282 e. The fourth-order valence-corrected chi connectivity index (χ4v) is 1.90. The molecule has 1 amide bonds. The number of anilines is 1. The molecule has 7 nitrogen and oxygen atoms in total. The number of hydrogen-bond acceptors (Lipinski definition) is 5. The molecule has 1 aromatic carbocycles. The number of nitro groups is 1. The minimum absolute atomic E-state index is 0.0297. The topological polar surface area (TPSA) is 97.2 Å². The molecular weight excluding hydrogens is 328 g/mol. The van der Waals surface area contributed by atoms with Gasteiger partial charge in [-0.15, -0.1) is 0 Å². The average molecular weight is 337 g/mol. The van der Waals surface area contributed by atoms with Crippen molar-refractivity contribution in [3.63, 3.8) is 0 Å². The molecule has 0 aliphatic rings. The van der Waals surface area contributed by atoms with Gasteiger partial charge >= 0.3 is 0 Å². The molecule has 0 saturated carbocycles. The number of pyridine rings is 1. The van der Waals surface area contributed by atoms with E-state index in [1.807, 2.05) is 0 Å². The highest BCUT2D eigenvalue weighted by atomic mass is 35.5. The third-order valence-electron chi connectivity index (χ3n) is 2.54. The Balaban J connectivity index is 2.07. The number of para-hydroxylation sites is 1. The van der Waals surface area contributed by atoms with Crippen LogP contribution in [0.3, 0.4) is 0 Å². The summed E-state index contributed by atoms with van der Waals surface area (Å²) in [5, 5.41) is 16.4. The molecule has 0 saturated heterocycles. The lowest BCUT2D eigenvalue weighted by Crippen LogP contribution is -2.34. The van der Waals surface area contributed by atoms with Crippen LogP contribution in [-0.4, -0.2) is 20.9 Å². The smallest absolute Gasteiger partial charge is 0.282 e. The van der Waals surface area contributed by atoms with Gasteiger partial charge in [-0.3, -0.25) is 20.2 Å².